The normalized spacial score (nSPS) is 22.1. The van der Waals surface area contributed by atoms with Gasteiger partial charge in [-0.3, -0.25) is 9.69 Å². The van der Waals surface area contributed by atoms with Crippen molar-refractivity contribution < 1.29 is 10.0 Å². The highest BCUT2D eigenvalue weighted by molar-refractivity contribution is 6.31. The van der Waals surface area contributed by atoms with Crippen LogP contribution >= 0.6 is 11.6 Å². The number of carbonyl (C=O) groups excluding carboxylic acids is 1. The number of aryl methyl sites for hydroxylation is 1. The van der Waals surface area contributed by atoms with Gasteiger partial charge in [-0.2, -0.15) is 5.10 Å². The fraction of sp³-hybridized carbons (Fsp3) is 0.333. The molecule has 1 unspecified atom stereocenters. The number of hydrogen-bond acceptors (Lipinski definition) is 5. The van der Waals surface area contributed by atoms with Gasteiger partial charge in [0.25, 0.3) is 0 Å². The van der Waals surface area contributed by atoms with Crippen LogP contribution in [0.5, 0.6) is 0 Å². The van der Waals surface area contributed by atoms with Gasteiger partial charge in [-0.25, -0.2) is 9.67 Å². The largest absolute Gasteiger partial charge is 0.411 e. The number of anilines is 1. The lowest BCUT2D eigenvalue weighted by molar-refractivity contribution is -0.122. The Hall–Kier alpha value is -2.41. The topological polar surface area (TPSA) is 83.6 Å². The van der Waals surface area contributed by atoms with E-state index in [1.807, 2.05) is 6.92 Å². The predicted octanol–water partition coefficient (Wildman–Crippen LogP) is 2.64. The summed E-state index contributed by atoms with van der Waals surface area (Å²) in [4.78, 5) is 18.5. The Labute approximate surface area is 138 Å². The van der Waals surface area contributed by atoms with Gasteiger partial charge < -0.3 is 5.21 Å². The number of rotatable bonds is 2. The molecular weight excluding hydrogens is 318 g/mol. The molecule has 1 atom stereocenters. The molecule has 0 spiro atoms. The lowest BCUT2D eigenvalue weighted by atomic mass is 9.89. The highest BCUT2D eigenvalue weighted by atomic mass is 35.5. The van der Waals surface area contributed by atoms with Crippen LogP contribution in [0.1, 0.15) is 25.6 Å². The van der Waals surface area contributed by atoms with Crippen molar-refractivity contribution in [3.05, 3.63) is 41.4 Å². The third-order valence-electron chi connectivity index (χ3n) is 4.10. The van der Waals surface area contributed by atoms with E-state index in [4.69, 9.17) is 11.6 Å². The molecule has 1 aliphatic heterocycles. The van der Waals surface area contributed by atoms with Gasteiger partial charge in [0.15, 0.2) is 6.17 Å². The van der Waals surface area contributed by atoms with E-state index in [2.05, 4.69) is 15.2 Å². The molecule has 3 rings (SSSR count). The Kier molecular flexibility index (Phi) is 3.60. The number of aromatic nitrogens is 3. The molecule has 7 nitrogen and oxygen atoms in total. The number of nitrogens with zero attached hydrogens (tertiary/aromatic N) is 5. The summed E-state index contributed by atoms with van der Waals surface area (Å²) in [6, 6.07) is 5.27. The summed E-state index contributed by atoms with van der Waals surface area (Å²) in [5.41, 5.74) is 0.872. The molecule has 2 heterocycles. The third-order valence-corrected chi connectivity index (χ3v) is 4.33. The van der Waals surface area contributed by atoms with E-state index in [-0.39, 0.29) is 5.91 Å². The quantitative estimate of drug-likeness (QED) is 0.676. The standard InChI is InChI=1S/C15H16ClN5O2/c1-9-6-10(16)4-5-11(9)21-13(20-8-17-7-18-20)12(19-23)15(2,3)14(21)22/h4-8,13,23H,1-3H3. The van der Waals surface area contributed by atoms with E-state index in [1.165, 1.54) is 17.3 Å². The van der Waals surface area contributed by atoms with Crippen LogP contribution in [0.4, 0.5) is 5.69 Å². The Bertz CT molecular complexity index is 785. The number of oxime groups is 1. The maximum Gasteiger partial charge on any atom is 0.240 e. The van der Waals surface area contributed by atoms with Crippen molar-refractivity contribution in [3.63, 3.8) is 0 Å². The molecule has 0 radical (unpaired) electrons. The molecule has 1 fully saturated rings. The maximum absolute atomic E-state index is 13.0. The molecule has 120 valence electrons. The van der Waals surface area contributed by atoms with Crippen LogP contribution < -0.4 is 4.90 Å². The first-order valence-corrected chi connectivity index (χ1v) is 7.42. The average molecular weight is 334 g/mol. The first-order valence-electron chi connectivity index (χ1n) is 7.04. The Morgan fingerprint density at radius 3 is 2.70 bits per heavy atom. The van der Waals surface area contributed by atoms with Gasteiger partial charge in [0.2, 0.25) is 5.91 Å². The summed E-state index contributed by atoms with van der Waals surface area (Å²) in [6.45, 7) is 5.31. The molecule has 8 heteroatoms. The zero-order valence-electron chi connectivity index (χ0n) is 12.9. The van der Waals surface area contributed by atoms with E-state index >= 15 is 0 Å². The van der Waals surface area contributed by atoms with Gasteiger partial charge >= 0.3 is 0 Å². The Morgan fingerprint density at radius 1 is 1.39 bits per heavy atom. The van der Waals surface area contributed by atoms with Crippen LogP contribution in [0.3, 0.4) is 0 Å². The SMILES string of the molecule is Cc1cc(Cl)ccc1N1C(=O)C(C)(C)C(=NO)C1n1cncn1. The lowest BCUT2D eigenvalue weighted by Gasteiger charge is -2.26. The van der Waals surface area contributed by atoms with Crippen LogP contribution in [0.2, 0.25) is 5.02 Å². The highest BCUT2D eigenvalue weighted by Gasteiger charge is 2.54. The number of amides is 1. The molecule has 1 saturated heterocycles. The molecule has 0 bridgehead atoms. The van der Waals surface area contributed by atoms with Crippen LogP contribution in [-0.4, -0.2) is 31.6 Å². The van der Waals surface area contributed by atoms with Crippen molar-refractivity contribution in [3.8, 4) is 0 Å². The summed E-state index contributed by atoms with van der Waals surface area (Å²) < 4.78 is 1.50. The van der Waals surface area contributed by atoms with Gasteiger partial charge in [0.05, 0.1) is 5.41 Å². The highest BCUT2D eigenvalue weighted by Crippen LogP contribution is 2.42. The van der Waals surface area contributed by atoms with Crippen molar-refractivity contribution >= 4 is 28.9 Å². The minimum atomic E-state index is -0.961. The fourth-order valence-corrected chi connectivity index (χ4v) is 3.09. The van der Waals surface area contributed by atoms with Crippen molar-refractivity contribution in [1.29, 1.82) is 0 Å². The first kappa shape index (κ1) is 15.5. The fourth-order valence-electron chi connectivity index (χ4n) is 2.86. The van der Waals surface area contributed by atoms with Crippen molar-refractivity contribution in [2.24, 2.45) is 10.6 Å². The zero-order valence-corrected chi connectivity index (χ0v) is 13.7. The van der Waals surface area contributed by atoms with Crippen molar-refractivity contribution in [2.45, 2.75) is 26.9 Å². The van der Waals surface area contributed by atoms with E-state index in [1.54, 1.807) is 36.9 Å². The smallest absolute Gasteiger partial charge is 0.240 e. The summed E-state index contributed by atoms with van der Waals surface area (Å²) >= 11 is 6.01. The van der Waals surface area contributed by atoms with E-state index in [0.717, 1.165) is 5.56 Å². The third kappa shape index (κ3) is 2.28. The van der Waals surface area contributed by atoms with E-state index in [9.17, 15) is 10.0 Å². The lowest BCUT2D eigenvalue weighted by Crippen LogP contribution is -2.34. The average Bonchev–Trinajstić information content (AvgIpc) is 3.07. The second kappa shape index (κ2) is 5.34. The van der Waals surface area contributed by atoms with Crippen molar-refractivity contribution in [1.82, 2.24) is 14.8 Å². The van der Waals surface area contributed by atoms with Crippen LogP contribution in [-0.2, 0) is 4.79 Å². The molecule has 2 aromatic rings. The molecule has 1 amide bonds. The molecular formula is C15H16ClN5O2. The first-order chi connectivity index (χ1) is 10.9. The minimum absolute atomic E-state index is 0.184. The number of hydrogen-bond donors (Lipinski definition) is 1. The van der Waals surface area contributed by atoms with Gasteiger partial charge in [0.1, 0.15) is 18.4 Å². The van der Waals surface area contributed by atoms with Gasteiger partial charge in [-0.15, -0.1) is 0 Å². The number of halogens is 1. The van der Waals surface area contributed by atoms with E-state index < -0.39 is 11.6 Å². The number of carbonyl (C=O) groups is 1. The molecule has 1 N–H and O–H groups in total. The summed E-state index contributed by atoms with van der Waals surface area (Å²) in [7, 11) is 0. The van der Waals surface area contributed by atoms with Crippen molar-refractivity contribution in [2.75, 3.05) is 4.90 Å². The van der Waals surface area contributed by atoms with Gasteiger partial charge in [-0.1, -0.05) is 16.8 Å². The van der Waals surface area contributed by atoms with Gasteiger partial charge in [0, 0.05) is 10.7 Å². The molecule has 1 aromatic heterocycles. The van der Waals surface area contributed by atoms with Crippen LogP contribution in [0.25, 0.3) is 0 Å². The summed E-state index contributed by atoms with van der Waals surface area (Å²) in [6.07, 6.45) is 2.19. The predicted molar refractivity (Wildman–Crippen MR) is 85.7 cm³/mol. The maximum atomic E-state index is 13.0. The summed E-state index contributed by atoms with van der Waals surface area (Å²) in [5.74, 6) is -0.184. The van der Waals surface area contributed by atoms with Crippen LogP contribution in [0.15, 0.2) is 36.0 Å². The van der Waals surface area contributed by atoms with Gasteiger partial charge in [-0.05, 0) is 44.5 Å². The second-order valence-electron chi connectivity index (χ2n) is 5.97. The summed E-state index contributed by atoms with van der Waals surface area (Å²) in [5, 5.41) is 17.6. The number of benzene rings is 1. The zero-order chi connectivity index (χ0) is 16.8. The monoisotopic (exact) mass is 333 g/mol. The molecule has 0 saturated carbocycles. The second-order valence-corrected chi connectivity index (χ2v) is 6.40. The van der Waals surface area contributed by atoms with Crippen LogP contribution in [0, 0.1) is 12.3 Å². The Balaban J connectivity index is 2.22. The molecule has 1 aliphatic rings. The van der Waals surface area contributed by atoms with E-state index in [0.29, 0.717) is 16.4 Å². The molecule has 0 aliphatic carbocycles. The minimum Gasteiger partial charge on any atom is -0.411 e. The molecule has 1 aromatic carbocycles. The Morgan fingerprint density at radius 2 is 2.13 bits per heavy atom. The molecule has 23 heavy (non-hydrogen) atoms.